The number of hydrogen-bond donors (Lipinski definition) is 1. The average molecular weight is 276 g/mol. The van der Waals surface area contributed by atoms with E-state index in [0.717, 1.165) is 25.3 Å². The van der Waals surface area contributed by atoms with E-state index in [1.807, 2.05) is 6.92 Å². The van der Waals surface area contributed by atoms with Crippen LogP contribution < -0.4 is 10.5 Å². The molecule has 1 aromatic rings. The molecule has 1 heterocycles. The number of hydrogen-bond acceptors (Lipinski definition) is 3. The van der Waals surface area contributed by atoms with Crippen molar-refractivity contribution < 1.29 is 4.74 Å². The molecular weight excluding hydrogens is 248 g/mol. The lowest BCUT2D eigenvalue weighted by molar-refractivity contribution is 0.182. The standard InChI is InChI=1S/C17H28N2O/c1-14-6-7-17(16(12-14)13-15(2)18)20-11-10-19-8-4-3-5-9-19/h6-7,12,15H,3-5,8-11,13,18H2,1-2H3. The van der Waals surface area contributed by atoms with E-state index in [0.29, 0.717) is 0 Å². The van der Waals surface area contributed by atoms with Gasteiger partial charge in [-0.2, -0.15) is 0 Å². The van der Waals surface area contributed by atoms with Crippen LogP contribution in [0.4, 0.5) is 0 Å². The smallest absolute Gasteiger partial charge is 0.122 e. The fraction of sp³-hybridized carbons (Fsp3) is 0.647. The Morgan fingerprint density at radius 3 is 2.70 bits per heavy atom. The van der Waals surface area contributed by atoms with Crippen molar-refractivity contribution in [2.45, 2.75) is 45.6 Å². The van der Waals surface area contributed by atoms with Crippen molar-refractivity contribution in [2.75, 3.05) is 26.2 Å². The van der Waals surface area contributed by atoms with E-state index in [2.05, 4.69) is 30.0 Å². The van der Waals surface area contributed by atoms with E-state index in [1.165, 1.54) is 43.5 Å². The average Bonchev–Trinajstić information content (AvgIpc) is 2.42. The monoisotopic (exact) mass is 276 g/mol. The zero-order chi connectivity index (χ0) is 14.4. The van der Waals surface area contributed by atoms with Crippen LogP contribution in [0.1, 0.15) is 37.3 Å². The molecule has 1 aliphatic rings. The molecule has 0 spiro atoms. The molecule has 2 N–H and O–H groups in total. The predicted octanol–water partition coefficient (Wildman–Crippen LogP) is 2.75. The third-order valence-corrected chi connectivity index (χ3v) is 3.87. The molecule has 1 atom stereocenters. The van der Waals surface area contributed by atoms with Gasteiger partial charge in [0.15, 0.2) is 0 Å². The van der Waals surface area contributed by atoms with Gasteiger partial charge >= 0.3 is 0 Å². The van der Waals surface area contributed by atoms with Gasteiger partial charge in [0.25, 0.3) is 0 Å². The highest BCUT2D eigenvalue weighted by Crippen LogP contribution is 2.21. The third-order valence-electron chi connectivity index (χ3n) is 3.87. The van der Waals surface area contributed by atoms with E-state index in [1.54, 1.807) is 0 Å². The minimum absolute atomic E-state index is 0.168. The van der Waals surface area contributed by atoms with Crippen molar-refractivity contribution in [2.24, 2.45) is 5.73 Å². The van der Waals surface area contributed by atoms with Gasteiger partial charge in [-0.05, 0) is 57.8 Å². The van der Waals surface area contributed by atoms with Crippen LogP contribution in [0.25, 0.3) is 0 Å². The molecule has 3 heteroatoms. The van der Waals surface area contributed by atoms with Crippen molar-refractivity contribution in [3.05, 3.63) is 29.3 Å². The third kappa shape index (κ3) is 4.80. The Bertz CT molecular complexity index is 411. The summed E-state index contributed by atoms with van der Waals surface area (Å²) in [6, 6.07) is 6.56. The second-order valence-corrected chi connectivity index (χ2v) is 6.04. The van der Waals surface area contributed by atoms with E-state index in [-0.39, 0.29) is 6.04 Å². The van der Waals surface area contributed by atoms with E-state index in [4.69, 9.17) is 10.5 Å². The predicted molar refractivity (Wildman–Crippen MR) is 84.3 cm³/mol. The first-order chi connectivity index (χ1) is 9.65. The van der Waals surface area contributed by atoms with Crippen molar-refractivity contribution in [1.29, 1.82) is 0 Å². The lowest BCUT2D eigenvalue weighted by atomic mass is 10.0. The Hall–Kier alpha value is -1.06. The number of rotatable bonds is 6. The summed E-state index contributed by atoms with van der Waals surface area (Å²) in [6.45, 7) is 8.41. The minimum Gasteiger partial charge on any atom is -0.492 e. The zero-order valence-electron chi connectivity index (χ0n) is 12.9. The number of piperidine rings is 1. The van der Waals surface area contributed by atoms with Gasteiger partial charge in [0.1, 0.15) is 12.4 Å². The summed E-state index contributed by atoms with van der Waals surface area (Å²) >= 11 is 0. The Labute approximate surface area is 123 Å². The number of likely N-dealkylation sites (tertiary alicyclic amines) is 1. The van der Waals surface area contributed by atoms with Gasteiger partial charge in [-0.25, -0.2) is 0 Å². The van der Waals surface area contributed by atoms with Crippen LogP contribution >= 0.6 is 0 Å². The van der Waals surface area contributed by atoms with Crippen LogP contribution in [0.15, 0.2) is 18.2 Å². The maximum absolute atomic E-state index is 6.00. The Balaban J connectivity index is 1.87. The second kappa shape index (κ2) is 7.65. The van der Waals surface area contributed by atoms with Crippen LogP contribution in [-0.2, 0) is 6.42 Å². The summed E-state index contributed by atoms with van der Waals surface area (Å²) < 4.78 is 6.00. The van der Waals surface area contributed by atoms with Crippen molar-refractivity contribution >= 4 is 0 Å². The molecule has 3 nitrogen and oxygen atoms in total. The maximum atomic E-state index is 6.00. The summed E-state index contributed by atoms with van der Waals surface area (Å²) in [5, 5.41) is 0. The van der Waals surface area contributed by atoms with Crippen LogP contribution in [0.3, 0.4) is 0 Å². The summed E-state index contributed by atoms with van der Waals surface area (Å²) in [5.41, 5.74) is 8.43. The highest BCUT2D eigenvalue weighted by atomic mass is 16.5. The molecule has 1 aliphatic heterocycles. The Kier molecular flexibility index (Phi) is 5.86. The quantitative estimate of drug-likeness (QED) is 0.868. The second-order valence-electron chi connectivity index (χ2n) is 6.04. The van der Waals surface area contributed by atoms with Gasteiger partial charge in [-0.3, -0.25) is 4.90 Å². The molecule has 0 radical (unpaired) electrons. The van der Waals surface area contributed by atoms with Crippen molar-refractivity contribution in [3.63, 3.8) is 0 Å². The van der Waals surface area contributed by atoms with Gasteiger partial charge in [0.05, 0.1) is 0 Å². The first-order valence-corrected chi connectivity index (χ1v) is 7.85. The van der Waals surface area contributed by atoms with Gasteiger partial charge in [-0.1, -0.05) is 24.1 Å². The molecule has 1 fully saturated rings. The van der Waals surface area contributed by atoms with E-state index >= 15 is 0 Å². The van der Waals surface area contributed by atoms with Crippen molar-refractivity contribution in [3.8, 4) is 5.75 Å². The normalized spacial score (nSPS) is 17.9. The highest BCUT2D eigenvalue weighted by molar-refractivity contribution is 5.37. The molecule has 0 bridgehead atoms. The molecule has 1 unspecified atom stereocenters. The molecule has 1 aromatic carbocycles. The van der Waals surface area contributed by atoms with Crippen molar-refractivity contribution in [1.82, 2.24) is 4.90 Å². The first-order valence-electron chi connectivity index (χ1n) is 7.85. The molecule has 0 amide bonds. The fourth-order valence-corrected chi connectivity index (χ4v) is 2.82. The lowest BCUT2D eigenvalue weighted by Gasteiger charge is -2.26. The first kappa shape index (κ1) is 15.3. The van der Waals surface area contributed by atoms with Gasteiger partial charge < -0.3 is 10.5 Å². The number of aryl methyl sites for hydroxylation is 1. The van der Waals surface area contributed by atoms with Gasteiger partial charge in [-0.15, -0.1) is 0 Å². The molecular formula is C17H28N2O. The summed E-state index contributed by atoms with van der Waals surface area (Å²) in [4.78, 5) is 2.50. The van der Waals surface area contributed by atoms with E-state index < -0.39 is 0 Å². The number of nitrogens with zero attached hydrogens (tertiary/aromatic N) is 1. The lowest BCUT2D eigenvalue weighted by Crippen LogP contribution is -2.33. The van der Waals surface area contributed by atoms with Gasteiger partial charge in [0.2, 0.25) is 0 Å². The maximum Gasteiger partial charge on any atom is 0.122 e. The van der Waals surface area contributed by atoms with Gasteiger partial charge in [0, 0.05) is 12.6 Å². The van der Waals surface area contributed by atoms with Crippen LogP contribution in [0, 0.1) is 6.92 Å². The summed E-state index contributed by atoms with van der Waals surface area (Å²) in [5.74, 6) is 1.00. The highest BCUT2D eigenvalue weighted by Gasteiger charge is 2.11. The molecule has 112 valence electrons. The minimum atomic E-state index is 0.168. The molecule has 20 heavy (non-hydrogen) atoms. The zero-order valence-corrected chi connectivity index (χ0v) is 12.9. The van der Waals surface area contributed by atoms with Crippen LogP contribution in [0.5, 0.6) is 5.75 Å². The Morgan fingerprint density at radius 2 is 2.00 bits per heavy atom. The molecule has 1 saturated heterocycles. The topological polar surface area (TPSA) is 38.5 Å². The number of ether oxygens (including phenoxy) is 1. The molecule has 0 aliphatic carbocycles. The van der Waals surface area contributed by atoms with Crippen LogP contribution in [0.2, 0.25) is 0 Å². The molecule has 2 rings (SSSR count). The van der Waals surface area contributed by atoms with Crippen LogP contribution in [-0.4, -0.2) is 37.2 Å². The molecule has 0 saturated carbocycles. The molecule has 0 aromatic heterocycles. The SMILES string of the molecule is Cc1ccc(OCCN2CCCCC2)c(CC(C)N)c1. The number of benzene rings is 1. The number of nitrogens with two attached hydrogens (primary N) is 1. The van der Waals surface area contributed by atoms with E-state index in [9.17, 15) is 0 Å². The largest absolute Gasteiger partial charge is 0.492 e. The summed E-state index contributed by atoms with van der Waals surface area (Å²) in [6.07, 6.45) is 4.93. The summed E-state index contributed by atoms with van der Waals surface area (Å²) in [7, 11) is 0. The Morgan fingerprint density at radius 1 is 1.25 bits per heavy atom. The fourth-order valence-electron chi connectivity index (χ4n) is 2.82.